The molecule has 0 amide bonds. The highest BCUT2D eigenvalue weighted by atomic mass is 16.5. The molecule has 3 N–H and O–H groups in total. The molecular weight excluding hydrogens is 360 g/mol. The summed E-state index contributed by atoms with van der Waals surface area (Å²) in [6.45, 7) is 1.29. The van der Waals surface area contributed by atoms with Crippen molar-refractivity contribution in [2.45, 2.75) is 38.1 Å². The van der Waals surface area contributed by atoms with Crippen molar-refractivity contribution in [2.24, 2.45) is 0 Å². The Hall–Kier alpha value is -2.82. The normalized spacial score (nSPS) is 18.4. The Bertz CT molecular complexity index is 944. The van der Waals surface area contributed by atoms with E-state index in [4.69, 9.17) is 10.5 Å². The van der Waals surface area contributed by atoms with Gasteiger partial charge in [0.1, 0.15) is 12.4 Å². The quantitative estimate of drug-likeness (QED) is 0.617. The molecule has 4 rings (SSSR count). The summed E-state index contributed by atoms with van der Waals surface area (Å²) in [5.41, 5.74) is 11.4. The third-order valence-electron chi connectivity index (χ3n) is 5.80. The van der Waals surface area contributed by atoms with Crippen LogP contribution in [0, 0.1) is 0 Å². The summed E-state index contributed by atoms with van der Waals surface area (Å²) in [5, 5.41) is 11.1. The number of aliphatic hydroxyl groups is 1. The molecule has 0 saturated heterocycles. The highest BCUT2D eigenvalue weighted by Crippen LogP contribution is 2.39. The van der Waals surface area contributed by atoms with E-state index in [1.54, 1.807) is 0 Å². The Morgan fingerprint density at radius 2 is 1.62 bits per heavy atom. The van der Waals surface area contributed by atoms with Crippen LogP contribution >= 0.6 is 0 Å². The summed E-state index contributed by atoms with van der Waals surface area (Å²) in [6, 6.07) is 24.3. The highest BCUT2D eigenvalue weighted by Gasteiger charge is 2.32. The number of ether oxygens (including phenoxy) is 1. The van der Waals surface area contributed by atoms with Crippen LogP contribution in [0.1, 0.15) is 34.8 Å². The molecular formula is C25H28N2O2. The Morgan fingerprint density at radius 3 is 2.31 bits per heavy atom. The zero-order chi connectivity index (χ0) is 20.2. The van der Waals surface area contributed by atoms with Crippen molar-refractivity contribution in [3.8, 4) is 5.75 Å². The van der Waals surface area contributed by atoms with E-state index in [1.807, 2.05) is 60.7 Å². The number of hydrogen-bond acceptors (Lipinski definition) is 4. The van der Waals surface area contributed by atoms with Gasteiger partial charge in [0.15, 0.2) is 0 Å². The van der Waals surface area contributed by atoms with E-state index in [9.17, 15) is 5.11 Å². The van der Waals surface area contributed by atoms with Gasteiger partial charge < -0.3 is 15.6 Å². The van der Waals surface area contributed by atoms with Gasteiger partial charge in [-0.25, -0.2) is 0 Å². The zero-order valence-corrected chi connectivity index (χ0v) is 16.8. The predicted octanol–water partition coefficient (Wildman–Crippen LogP) is 4.33. The lowest BCUT2D eigenvalue weighted by Gasteiger charge is -2.37. The van der Waals surface area contributed by atoms with E-state index in [-0.39, 0.29) is 6.04 Å². The molecule has 0 heterocycles. The van der Waals surface area contributed by atoms with Crippen molar-refractivity contribution in [2.75, 3.05) is 12.8 Å². The minimum atomic E-state index is -0.557. The maximum atomic E-state index is 11.1. The van der Waals surface area contributed by atoms with Crippen molar-refractivity contribution >= 4 is 5.69 Å². The summed E-state index contributed by atoms with van der Waals surface area (Å²) in [5.74, 6) is 0.691. The van der Waals surface area contributed by atoms with Gasteiger partial charge in [-0.3, -0.25) is 4.90 Å². The van der Waals surface area contributed by atoms with Crippen LogP contribution in [-0.4, -0.2) is 23.1 Å². The largest absolute Gasteiger partial charge is 0.487 e. The predicted molar refractivity (Wildman–Crippen MR) is 117 cm³/mol. The van der Waals surface area contributed by atoms with Crippen LogP contribution in [0.4, 0.5) is 5.69 Å². The third-order valence-corrected chi connectivity index (χ3v) is 5.80. The summed E-state index contributed by atoms with van der Waals surface area (Å²) in [7, 11) is 2.08. The van der Waals surface area contributed by atoms with Crippen LogP contribution in [0.15, 0.2) is 72.8 Å². The van der Waals surface area contributed by atoms with Crippen molar-refractivity contribution in [1.82, 2.24) is 4.90 Å². The van der Waals surface area contributed by atoms with Crippen molar-refractivity contribution < 1.29 is 9.84 Å². The van der Waals surface area contributed by atoms with E-state index < -0.39 is 6.10 Å². The Labute approximate surface area is 172 Å². The highest BCUT2D eigenvalue weighted by molar-refractivity contribution is 5.62. The fourth-order valence-electron chi connectivity index (χ4n) is 4.18. The number of anilines is 1. The van der Waals surface area contributed by atoms with Gasteiger partial charge in [0, 0.05) is 12.6 Å². The van der Waals surface area contributed by atoms with E-state index in [0.717, 1.165) is 36.1 Å². The molecule has 29 heavy (non-hydrogen) atoms. The lowest BCUT2D eigenvalue weighted by atomic mass is 9.84. The van der Waals surface area contributed by atoms with Crippen molar-refractivity contribution in [3.05, 3.63) is 95.1 Å². The van der Waals surface area contributed by atoms with Crippen molar-refractivity contribution in [1.29, 1.82) is 0 Å². The van der Waals surface area contributed by atoms with Crippen LogP contribution < -0.4 is 10.5 Å². The monoisotopic (exact) mass is 388 g/mol. The van der Waals surface area contributed by atoms with Gasteiger partial charge in [-0.2, -0.15) is 0 Å². The van der Waals surface area contributed by atoms with Crippen molar-refractivity contribution in [3.63, 3.8) is 0 Å². The molecule has 0 aliphatic heterocycles. The molecule has 4 heteroatoms. The lowest BCUT2D eigenvalue weighted by molar-refractivity contribution is 0.0463. The first kappa shape index (κ1) is 19.5. The van der Waals surface area contributed by atoms with E-state index in [1.165, 1.54) is 5.56 Å². The second-order valence-electron chi connectivity index (χ2n) is 7.77. The van der Waals surface area contributed by atoms with E-state index in [2.05, 4.69) is 24.1 Å². The fourth-order valence-corrected chi connectivity index (χ4v) is 4.18. The molecule has 0 radical (unpaired) electrons. The first-order valence-corrected chi connectivity index (χ1v) is 10.1. The second-order valence-corrected chi connectivity index (χ2v) is 7.77. The lowest BCUT2D eigenvalue weighted by Crippen LogP contribution is -2.39. The molecule has 3 aromatic carbocycles. The first-order valence-electron chi connectivity index (χ1n) is 10.1. The summed E-state index contributed by atoms with van der Waals surface area (Å²) in [6.07, 6.45) is 1.15. The molecule has 0 spiro atoms. The van der Waals surface area contributed by atoms with Gasteiger partial charge in [0.2, 0.25) is 0 Å². The first-order chi connectivity index (χ1) is 14.1. The van der Waals surface area contributed by atoms with Crippen LogP contribution in [0.25, 0.3) is 0 Å². The molecule has 3 aromatic rings. The molecule has 1 aliphatic rings. The number of fused-ring (bicyclic) bond motifs is 1. The SMILES string of the molecule is CN(Cc1ccccc1)[C@@H]1CCc2c(ccc(OCc3ccccc3)c2N)[C@@H]1O. The maximum Gasteiger partial charge on any atom is 0.142 e. The van der Waals surface area contributed by atoms with E-state index in [0.29, 0.717) is 18.0 Å². The zero-order valence-electron chi connectivity index (χ0n) is 16.8. The molecule has 0 fully saturated rings. The molecule has 0 aromatic heterocycles. The van der Waals surface area contributed by atoms with E-state index >= 15 is 0 Å². The molecule has 2 atom stereocenters. The van der Waals surface area contributed by atoms with Crippen LogP contribution in [0.2, 0.25) is 0 Å². The Morgan fingerprint density at radius 1 is 0.966 bits per heavy atom. The van der Waals surface area contributed by atoms with Gasteiger partial charge in [0.05, 0.1) is 11.8 Å². The smallest absolute Gasteiger partial charge is 0.142 e. The topological polar surface area (TPSA) is 58.7 Å². The molecule has 0 saturated carbocycles. The number of rotatable bonds is 6. The second kappa shape index (κ2) is 8.68. The third kappa shape index (κ3) is 4.29. The summed E-state index contributed by atoms with van der Waals surface area (Å²) < 4.78 is 5.96. The Balaban J connectivity index is 1.48. The van der Waals surface area contributed by atoms with Gasteiger partial charge in [-0.05, 0) is 48.2 Å². The number of nitrogen functional groups attached to an aromatic ring is 1. The Kier molecular flexibility index (Phi) is 5.84. The number of benzene rings is 3. The van der Waals surface area contributed by atoms with Gasteiger partial charge in [-0.15, -0.1) is 0 Å². The van der Waals surface area contributed by atoms with Gasteiger partial charge >= 0.3 is 0 Å². The molecule has 4 nitrogen and oxygen atoms in total. The maximum absolute atomic E-state index is 11.1. The summed E-state index contributed by atoms with van der Waals surface area (Å²) >= 11 is 0. The van der Waals surface area contributed by atoms with Gasteiger partial charge in [-0.1, -0.05) is 66.7 Å². The van der Waals surface area contributed by atoms with Crippen LogP contribution in [0.3, 0.4) is 0 Å². The van der Waals surface area contributed by atoms with Crippen LogP contribution in [0.5, 0.6) is 5.75 Å². The number of likely N-dealkylation sites (N-methyl/N-ethyl adjacent to an activating group) is 1. The standard InChI is InChI=1S/C25H28N2O2/c1-27(16-18-8-4-2-5-9-18)22-14-12-20-21(25(22)28)13-15-23(24(20)26)29-17-19-10-6-3-7-11-19/h2-11,13,15,22,25,28H,12,14,16-17,26H2,1H3/t22-,25+/m1/s1. The molecule has 0 bridgehead atoms. The number of hydrogen-bond donors (Lipinski definition) is 2. The summed E-state index contributed by atoms with van der Waals surface area (Å²) in [4.78, 5) is 2.24. The average molecular weight is 389 g/mol. The fraction of sp³-hybridized carbons (Fsp3) is 0.280. The molecule has 150 valence electrons. The number of nitrogens with two attached hydrogens (primary N) is 1. The minimum Gasteiger partial charge on any atom is -0.487 e. The number of aliphatic hydroxyl groups excluding tert-OH is 1. The molecule has 0 unspecified atom stereocenters. The molecule has 1 aliphatic carbocycles. The van der Waals surface area contributed by atoms with Crippen LogP contribution in [-0.2, 0) is 19.6 Å². The minimum absolute atomic E-state index is 0.0678. The number of nitrogens with zero attached hydrogens (tertiary/aromatic N) is 1. The average Bonchev–Trinajstić information content (AvgIpc) is 2.75. The van der Waals surface area contributed by atoms with Gasteiger partial charge in [0.25, 0.3) is 0 Å².